The van der Waals surface area contributed by atoms with E-state index in [4.69, 9.17) is 9.90 Å². The fraction of sp³-hybridized carbons (Fsp3) is 0.182. The first kappa shape index (κ1) is 35.6. The zero-order valence-corrected chi connectivity index (χ0v) is 24.7. The summed E-state index contributed by atoms with van der Waals surface area (Å²) in [4.78, 5) is 57.1. The SMILES string of the molecule is O=C(O)C(F)(F)F.O=C(O)CC(NC(=O)CNC(=O)CCNC(=O)Nc1ccc2ccccc2c1)c1ccc(-c2ccccc2)cc1. The number of amides is 4. The second kappa shape index (κ2) is 17.0. The normalized spacial score (nSPS) is 11.3. The topological polar surface area (TPSA) is 174 Å². The van der Waals surface area contributed by atoms with Crippen molar-refractivity contribution in [3.63, 3.8) is 0 Å². The van der Waals surface area contributed by atoms with Crippen molar-refractivity contribution >= 4 is 46.2 Å². The Morgan fingerprint density at radius 3 is 1.91 bits per heavy atom. The number of alkyl halides is 3. The number of urea groups is 1. The third kappa shape index (κ3) is 12.2. The molecule has 0 heterocycles. The molecule has 0 aromatic heterocycles. The Labute approximate surface area is 266 Å². The van der Waals surface area contributed by atoms with Gasteiger partial charge in [-0.2, -0.15) is 13.2 Å². The van der Waals surface area contributed by atoms with E-state index in [-0.39, 0.29) is 25.9 Å². The molecule has 0 saturated heterocycles. The van der Waals surface area contributed by atoms with E-state index in [1.165, 1.54) is 0 Å². The Balaban J connectivity index is 0.000000771. The highest BCUT2D eigenvalue weighted by Crippen LogP contribution is 2.23. The molecular weight excluding hydrogens is 621 g/mol. The van der Waals surface area contributed by atoms with Crippen LogP contribution in [0.1, 0.15) is 24.4 Å². The molecule has 0 aliphatic rings. The van der Waals surface area contributed by atoms with Gasteiger partial charge in [0.05, 0.1) is 19.0 Å². The van der Waals surface area contributed by atoms with Crippen molar-refractivity contribution in [3.05, 3.63) is 103 Å². The molecule has 246 valence electrons. The summed E-state index contributed by atoms with van der Waals surface area (Å²) in [7, 11) is 0. The van der Waals surface area contributed by atoms with Crippen LogP contribution in [0.25, 0.3) is 21.9 Å². The molecule has 14 heteroatoms. The van der Waals surface area contributed by atoms with Gasteiger partial charge in [0.25, 0.3) is 0 Å². The van der Waals surface area contributed by atoms with Crippen molar-refractivity contribution in [2.45, 2.75) is 25.1 Å². The van der Waals surface area contributed by atoms with E-state index in [9.17, 15) is 37.5 Å². The highest BCUT2D eigenvalue weighted by atomic mass is 19.4. The fourth-order valence-electron chi connectivity index (χ4n) is 4.21. The number of carbonyl (C=O) groups is 5. The maximum Gasteiger partial charge on any atom is 0.490 e. The van der Waals surface area contributed by atoms with Gasteiger partial charge in [0, 0.05) is 18.7 Å². The van der Waals surface area contributed by atoms with Gasteiger partial charge in [0.2, 0.25) is 11.8 Å². The number of carboxylic acids is 2. The van der Waals surface area contributed by atoms with E-state index >= 15 is 0 Å². The molecule has 0 aliphatic heterocycles. The molecule has 0 radical (unpaired) electrons. The molecule has 0 aliphatic carbocycles. The summed E-state index contributed by atoms with van der Waals surface area (Å²) in [6.07, 6.45) is -5.42. The number of carboxylic acid groups (broad SMARTS) is 2. The summed E-state index contributed by atoms with van der Waals surface area (Å²) in [5.74, 6) is -4.76. The van der Waals surface area contributed by atoms with Crippen LogP contribution in [0.2, 0.25) is 0 Å². The Morgan fingerprint density at radius 2 is 1.30 bits per heavy atom. The predicted molar refractivity (Wildman–Crippen MR) is 167 cm³/mol. The summed E-state index contributed by atoms with van der Waals surface area (Å²) in [6.45, 7) is -0.247. The highest BCUT2D eigenvalue weighted by molar-refractivity contribution is 5.93. The molecule has 4 aromatic rings. The molecular formula is C33H31F3N4O7. The standard InChI is InChI=1S/C31H30N4O5.C2HF3O2/c36-28(16-17-32-31(40)34-26-15-14-22-8-4-5-9-25(22)18-26)33-20-29(37)35-27(19-30(38)39)24-12-10-23(11-13-24)21-6-2-1-3-7-21;3-2(4,5)1(6)7/h1-15,18,27H,16-17,19-20H2,(H,33,36)(H,35,37)(H,38,39)(H2,32,34,40);(H,6,7). The summed E-state index contributed by atoms with van der Waals surface area (Å²) < 4.78 is 31.7. The lowest BCUT2D eigenvalue weighted by Gasteiger charge is -2.18. The molecule has 47 heavy (non-hydrogen) atoms. The number of halogens is 3. The lowest BCUT2D eigenvalue weighted by molar-refractivity contribution is -0.192. The van der Waals surface area contributed by atoms with E-state index in [0.29, 0.717) is 11.3 Å². The molecule has 4 rings (SSSR count). The number of benzene rings is 4. The quantitative estimate of drug-likeness (QED) is 0.131. The van der Waals surface area contributed by atoms with Crippen molar-refractivity contribution in [2.24, 2.45) is 0 Å². The van der Waals surface area contributed by atoms with Crippen LogP contribution in [0.5, 0.6) is 0 Å². The molecule has 1 atom stereocenters. The highest BCUT2D eigenvalue weighted by Gasteiger charge is 2.38. The minimum Gasteiger partial charge on any atom is -0.481 e. The van der Waals surface area contributed by atoms with E-state index in [1.54, 1.807) is 18.2 Å². The molecule has 0 saturated carbocycles. The smallest absolute Gasteiger partial charge is 0.481 e. The Hall–Kier alpha value is -5.92. The van der Waals surface area contributed by atoms with Crippen LogP contribution in [0.15, 0.2) is 97.1 Å². The molecule has 1 unspecified atom stereocenters. The average Bonchev–Trinajstić information content (AvgIpc) is 3.03. The van der Waals surface area contributed by atoms with Gasteiger partial charge in [0.15, 0.2) is 0 Å². The molecule has 0 fully saturated rings. The second-order valence-electron chi connectivity index (χ2n) is 9.98. The summed E-state index contributed by atoms with van der Waals surface area (Å²) >= 11 is 0. The van der Waals surface area contributed by atoms with Gasteiger partial charge in [0.1, 0.15) is 0 Å². The van der Waals surface area contributed by atoms with Gasteiger partial charge in [-0.15, -0.1) is 0 Å². The molecule has 6 N–H and O–H groups in total. The van der Waals surface area contributed by atoms with Crippen LogP contribution in [0.3, 0.4) is 0 Å². The first-order valence-electron chi connectivity index (χ1n) is 14.1. The average molecular weight is 653 g/mol. The second-order valence-corrected chi connectivity index (χ2v) is 9.98. The zero-order valence-electron chi connectivity index (χ0n) is 24.7. The van der Waals surface area contributed by atoms with Crippen molar-refractivity contribution in [2.75, 3.05) is 18.4 Å². The Kier molecular flexibility index (Phi) is 12.8. The van der Waals surface area contributed by atoms with Crippen LogP contribution in [-0.2, 0) is 19.2 Å². The Morgan fingerprint density at radius 1 is 0.702 bits per heavy atom. The number of rotatable bonds is 11. The number of hydrogen-bond acceptors (Lipinski definition) is 5. The number of aliphatic carboxylic acids is 2. The molecule has 0 spiro atoms. The minimum atomic E-state index is -5.08. The lowest BCUT2D eigenvalue weighted by Crippen LogP contribution is -2.40. The van der Waals surface area contributed by atoms with Gasteiger partial charge in [-0.1, -0.05) is 84.9 Å². The van der Waals surface area contributed by atoms with Gasteiger partial charge in [-0.05, 0) is 39.6 Å². The number of carbonyl (C=O) groups excluding carboxylic acids is 3. The van der Waals surface area contributed by atoms with Gasteiger partial charge < -0.3 is 31.5 Å². The van der Waals surface area contributed by atoms with E-state index in [0.717, 1.165) is 21.9 Å². The number of hydrogen-bond donors (Lipinski definition) is 6. The van der Waals surface area contributed by atoms with Gasteiger partial charge >= 0.3 is 24.1 Å². The number of fused-ring (bicyclic) bond motifs is 1. The van der Waals surface area contributed by atoms with Crippen LogP contribution < -0.4 is 21.3 Å². The summed E-state index contributed by atoms with van der Waals surface area (Å²) in [5, 5.41) is 29.0. The maximum atomic E-state index is 12.5. The van der Waals surface area contributed by atoms with E-state index in [1.807, 2.05) is 78.9 Å². The van der Waals surface area contributed by atoms with Crippen LogP contribution in [0.4, 0.5) is 23.7 Å². The van der Waals surface area contributed by atoms with E-state index < -0.39 is 42.0 Å². The van der Waals surface area contributed by atoms with Crippen molar-refractivity contribution in [1.29, 1.82) is 0 Å². The first-order valence-corrected chi connectivity index (χ1v) is 14.1. The maximum absolute atomic E-state index is 12.5. The predicted octanol–water partition coefficient (Wildman–Crippen LogP) is 5.10. The largest absolute Gasteiger partial charge is 0.490 e. The van der Waals surface area contributed by atoms with Crippen molar-refractivity contribution in [3.8, 4) is 11.1 Å². The number of nitrogens with one attached hydrogen (secondary N) is 4. The van der Waals surface area contributed by atoms with Crippen LogP contribution in [-0.4, -0.2) is 59.3 Å². The summed E-state index contributed by atoms with van der Waals surface area (Å²) in [5.41, 5.74) is 3.26. The molecule has 11 nitrogen and oxygen atoms in total. The molecule has 4 amide bonds. The summed E-state index contributed by atoms with van der Waals surface area (Å²) in [6, 6.07) is 29.2. The van der Waals surface area contributed by atoms with Crippen molar-refractivity contribution < 1.29 is 47.4 Å². The first-order chi connectivity index (χ1) is 22.3. The monoisotopic (exact) mass is 652 g/mol. The lowest BCUT2D eigenvalue weighted by atomic mass is 9.99. The minimum absolute atomic E-state index is 0.0298. The molecule has 0 bridgehead atoms. The number of anilines is 1. The van der Waals surface area contributed by atoms with Crippen molar-refractivity contribution in [1.82, 2.24) is 16.0 Å². The van der Waals surface area contributed by atoms with Gasteiger partial charge in [-0.25, -0.2) is 9.59 Å². The van der Waals surface area contributed by atoms with Gasteiger partial charge in [-0.3, -0.25) is 14.4 Å². The Bertz CT molecular complexity index is 1700. The molecule has 4 aromatic carbocycles. The fourth-order valence-corrected chi connectivity index (χ4v) is 4.21. The van der Waals surface area contributed by atoms with Crippen LogP contribution in [0, 0.1) is 0 Å². The van der Waals surface area contributed by atoms with E-state index in [2.05, 4.69) is 21.3 Å². The van der Waals surface area contributed by atoms with Crippen LogP contribution >= 0.6 is 0 Å². The third-order valence-electron chi connectivity index (χ3n) is 6.47. The third-order valence-corrected chi connectivity index (χ3v) is 6.47. The zero-order chi connectivity index (χ0) is 34.4.